The molecule has 0 aliphatic heterocycles. The molecule has 0 bridgehead atoms. The Morgan fingerprint density at radius 3 is 3.00 bits per heavy atom. The van der Waals surface area contributed by atoms with Gasteiger partial charge < -0.3 is 11.2 Å². The zero-order chi connectivity index (χ0) is 12.7. The standard InChI is InChI=1S/C11H14ClN3OS/c1-8(9-5-3-2-4-6-9)17-11(15-13)14-10(16)7-12/h2-3,5H,1,4,6-7,13H2,(H,14,15,16). The highest BCUT2D eigenvalue weighted by Crippen LogP contribution is 2.28. The van der Waals surface area contributed by atoms with Gasteiger partial charge in [0.2, 0.25) is 5.91 Å². The first-order valence-electron chi connectivity index (χ1n) is 5.04. The second-order valence-electron chi connectivity index (χ2n) is 3.30. The molecule has 1 amide bonds. The highest BCUT2D eigenvalue weighted by atomic mass is 35.5. The van der Waals surface area contributed by atoms with Crippen molar-refractivity contribution >= 4 is 34.4 Å². The van der Waals surface area contributed by atoms with E-state index >= 15 is 0 Å². The molecule has 0 unspecified atom stereocenters. The molecule has 0 aromatic rings. The number of hydrogen-bond acceptors (Lipinski definition) is 4. The van der Waals surface area contributed by atoms with Gasteiger partial charge in [-0.1, -0.05) is 36.6 Å². The number of halogens is 1. The number of hydrogen-bond donors (Lipinski definition) is 2. The lowest BCUT2D eigenvalue weighted by Crippen LogP contribution is -2.30. The Morgan fingerprint density at radius 1 is 1.71 bits per heavy atom. The van der Waals surface area contributed by atoms with Crippen molar-refractivity contribution in [3.05, 3.63) is 35.3 Å². The maximum Gasteiger partial charge on any atom is 0.240 e. The molecular formula is C11H14ClN3OS. The molecule has 92 valence electrons. The van der Waals surface area contributed by atoms with E-state index in [1.807, 2.05) is 12.2 Å². The minimum Gasteiger partial charge on any atom is -0.321 e. The van der Waals surface area contributed by atoms with Gasteiger partial charge in [0.1, 0.15) is 5.88 Å². The van der Waals surface area contributed by atoms with Gasteiger partial charge in [-0.15, -0.1) is 11.6 Å². The lowest BCUT2D eigenvalue weighted by atomic mass is 10.1. The molecule has 0 atom stereocenters. The van der Waals surface area contributed by atoms with Crippen molar-refractivity contribution in [3.63, 3.8) is 0 Å². The maximum absolute atomic E-state index is 11.1. The molecule has 0 heterocycles. The number of nitrogens with two attached hydrogens (primary N) is 1. The van der Waals surface area contributed by atoms with Crippen LogP contribution in [0.4, 0.5) is 0 Å². The second-order valence-corrected chi connectivity index (χ2v) is 4.65. The van der Waals surface area contributed by atoms with E-state index in [1.165, 1.54) is 11.8 Å². The number of thioether (sulfide) groups is 1. The highest BCUT2D eigenvalue weighted by molar-refractivity contribution is 8.17. The van der Waals surface area contributed by atoms with Crippen molar-refractivity contribution in [3.8, 4) is 0 Å². The minimum atomic E-state index is -0.339. The first-order valence-corrected chi connectivity index (χ1v) is 6.39. The zero-order valence-electron chi connectivity index (χ0n) is 9.28. The Balaban J connectivity index is 2.57. The van der Waals surface area contributed by atoms with Crippen molar-refractivity contribution < 1.29 is 4.79 Å². The van der Waals surface area contributed by atoms with E-state index in [0.717, 1.165) is 23.3 Å². The summed E-state index contributed by atoms with van der Waals surface area (Å²) in [4.78, 5) is 11.9. The third kappa shape index (κ3) is 4.66. The fourth-order valence-electron chi connectivity index (χ4n) is 1.25. The number of carbonyl (C=O) groups is 1. The Bertz CT molecular complexity index is 402. The molecule has 1 rings (SSSR count). The summed E-state index contributed by atoms with van der Waals surface area (Å²) in [5.74, 6) is 4.72. The first kappa shape index (κ1) is 13.9. The molecule has 0 aromatic heterocycles. The predicted molar refractivity (Wildman–Crippen MR) is 73.7 cm³/mol. The van der Waals surface area contributed by atoms with Crippen LogP contribution < -0.4 is 11.2 Å². The Morgan fingerprint density at radius 2 is 2.47 bits per heavy atom. The predicted octanol–water partition coefficient (Wildman–Crippen LogP) is 2.09. The monoisotopic (exact) mass is 271 g/mol. The average Bonchev–Trinajstić information content (AvgIpc) is 2.38. The van der Waals surface area contributed by atoms with E-state index in [1.54, 1.807) is 0 Å². The summed E-state index contributed by atoms with van der Waals surface area (Å²) >= 11 is 6.61. The second kappa shape index (κ2) is 7.19. The lowest BCUT2D eigenvalue weighted by Gasteiger charge is -2.12. The summed E-state index contributed by atoms with van der Waals surface area (Å²) in [6.45, 7) is 3.94. The third-order valence-electron chi connectivity index (χ3n) is 2.08. The van der Waals surface area contributed by atoms with E-state index in [0.29, 0.717) is 5.17 Å². The number of rotatable bonds is 3. The van der Waals surface area contributed by atoms with Gasteiger partial charge in [-0.05, 0) is 18.4 Å². The first-order chi connectivity index (χ1) is 8.17. The molecule has 0 radical (unpaired) electrons. The summed E-state index contributed by atoms with van der Waals surface area (Å²) in [5.41, 5.74) is 1.12. The van der Waals surface area contributed by atoms with E-state index < -0.39 is 0 Å². The summed E-state index contributed by atoms with van der Waals surface area (Å²) in [7, 11) is 0. The number of nitrogens with one attached hydrogen (secondary N) is 1. The Hall–Kier alpha value is -1.20. The summed E-state index contributed by atoms with van der Waals surface area (Å²) in [6.07, 6.45) is 8.00. The summed E-state index contributed by atoms with van der Waals surface area (Å²) in [6, 6.07) is 0. The SMILES string of the molecule is C=C(S/C(=N\N)NC(=O)CCl)C1=CC=CCC1. The number of hydrazone groups is 1. The molecule has 3 N–H and O–H groups in total. The molecule has 0 fully saturated rings. The number of carbonyl (C=O) groups excluding carboxylic acids is 1. The van der Waals surface area contributed by atoms with Crippen molar-refractivity contribution in [2.75, 3.05) is 5.88 Å². The topological polar surface area (TPSA) is 67.5 Å². The molecular weight excluding hydrogens is 258 g/mol. The van der Waals surface area contributed by atoms with Crippen LogP contribution in [0.15, 0.2) is 40.4 Å². The van der Waals surface area contributed by atoms with Gasteiger partial charge in [0.25, 0.3) is 0 Å². The van der Waals surface area contributed by atoms with Gasteiger partial charge in [-0.25, -0.2) is 0 Å². The smallest absolute Gasteiger partial charge is 0.240 e. The van der Waals surface area contributed by atoms with Crippen LogP contribution in [0.5, 0.6) is 0 Å². The van der Waals surface area contributed by atoms with Crippen LogP contribution in [0.1, 0.15) is 12.8 Å². The van der Waals surface area contributed by atoms with Crippen molar-refractivity contribution in [1.82, 2.24) is 5.32 Å². The van der Waals surface area contributed by atoms with E-state index in [4.69, 9.17) is 17.4 Å². The van der Waals surface area contributed by atoms with Crippen LogP contribution in [0.25, 0.3) is 0 Å². The number of amidine groups is 1. The molecule has 17 heavy (non-hydrogen) atoms. The van der Waals surface area contributed by atoms with Gasteiger partial charge >= 0.3 is 0 Å². The van der Waals surface area contributed by atoms with Gasteiger partial charge in [-0.2, -0.15) is 5.10 Å². The minimum absolute atomic E-state index is 0.127. The van der Waals surface area contributed by atoms with E-state index in [-0.39, 0.29) is 11.8 Å². The number of allylic oxidation sites excluding steroid dienone is 4. The van der Waals surface area contributed by atoms with Crippen LogP contribution >= 0.6 is 23.4 Å². The Labute approximate surface area is 110 Å². The normalized spacial score (nSPS) is 15.4. The molecule has 6 heteroatoms. The van der Waals surface area contributed by atoms with Crippen LogP contribution in [0.2, 0.25) is 0 Å². The van der Waals surface area contributed by atoms with Gasteiger partial charge in [-0.3, -0.25) is 4.79 Å². The van der Waals surface area contributed by atoms with Crippen LogP contribution in [-0.2, 0) is 4.79 Å². The number of nitrogens with zero attached hydrogens (tertiary/aromatic N) is 1. The Kier molecular flexibility index (Phi) is 5.86. The van der Waals surface area contributed by atoms with Gasteiger partial charge in [0, 0.05) is 4.91 Å². The quantitative estimate of drug-likeness (QED) is 0.272. The molecule has 0 saturated heterocycles. The van der Waals surface area contributed by atoms with Crippen molar-refractivity contribution in [2.24, 2.45) is 10.9 Å². The molecule has 1 aliphatic rings. The highest BCUT2D eigenvalue weighted by Gasteiger charge is 2.11. The maximum atomic E-state index is 11.1. The number of amides is 1. The zero-order valence-corrected chi connectivity index (χ0v) is 10.9. The summed E-state index contributed by atoms with van der Waals surface area (Å²) < 4.78 is 0. The molecule has 0 saturated carbocycles. The van der Waals surface area contributed by atoms with Crippen molar-refractivity contribution in [1.29, 1.82) is 0 Å². The third-order valence-corrected chi connectivity index (χ3v) is 3.23. The van der Waals surface area contributed by atoms with Gasteiger partial charge in [0.15, 0.2) is 5.17 Å². The molecule has 0 aromatic carbocycles. The van der Waals surface area contributed by atoms with E-state index in [9.17, 15) is 4.79 Å². The number of alkyl halides is 1. The largest absolute Gasteiger partial charge is 0.321 e. The fraction of sp³-hybridized carbons (Fsp3) is 0.273. The van der Waals surface area contributed by atoms with Crippen molar-refractivity contribution in [2.45, 2.75) is 12.8 Å². The summed E-state index contributed by atoms with van der Waals surface area (Å²) in [5, 5.41) is 6.29. The van der Waals surface area contributed by atoms with E-state index in [2.05, 4.69) is 23.1 Å². The van der Waals surface area contributed by atoms with Crippen LogP contribution in [-0.4, -0.2) is 17.0 Å². The average molecular weight is 272 g/mol. The molecule has 4 nitrogen and oxygen atoms in total. The molecule has 0 spiro atoms. The lowest BCUT2D eigenvalue weighted by molar-refractivity contribution is -0.117. The van der Waals surface area contributed by atoms with Crippen LogP contribution in [0.3, 0.4) is 0 Å². The fourth-order valence-corrected chi connectivity index (χ4v) is 2.07. The molecule has 1 aliphatic carbocycles. The van der Waals surface area contributed by atoms with Gasteiger partial charge in [0.05, 0.1) is 0 Å². The van der Waals surface area contributed by atoms with Crippen LogP contribution in [0, 0.1) is 0 Å².